The van der Waals surface area contributed by atoms with Gasteiger partial charge in [0.25, 0.3) is 0 Å². The van der Waals surface area contributed by atoms with Crippen molar-refractivity contribution in [2.75, 3.05) is 39.3 Å². The highest BCUT2D eigenvalue weighted by Crippen LogP contribution is 2.25. The molecule has 0 bridgehead atoms. The highest BCUT2D eigenvalue weighted by Gasteiger charge is 2.34. The van der Waals surface area contributed by atoms with Crippen molar-refractivity contribution in [2.45, 2.75) is 24.3 Å². The number of carbonyl (C=O) groups is 1. The van der Waals surface area contributed by atoms with Crippen molar-refractivity contribution >= 4 is 27.3 Å². The Kier molecular flexibility index (Phi) is 6.77. The lowest BCUT2D eigenvalue weighted by Gasteiger charge is -2.38. The maximum absolute atomic E-state index is 13.1. The molecule has 3 aromatic rings. The lowest BCUT2D eigenvalue weighted by molar-refractivity contribution is -0.138. The number of benzene rings is 1. The minimum absolute atomic E-state index is 0.0297. The van der Waals surface area contributed by atoms with Crippen molar-refractivity contribution in [3.8, 4) is 10.7 Å². The molecule has 0 saturated carbocycles. The first-order valence-corrected chi connectivity index (χ1v) is 13.8. The van der Waals surface area contributed by atoms with Gasteiger partial charge in [-0.25, -0.2) is 8.42 Å². The number of hydrogen-bond acceptors (Lipinski definition) is 8. The molecule has 2 fully saturated rings. The Balaban J connectivity index is 1.10. The monoisotopic (exact) mass is 501 g/mol. The molecule has 9 nitrogen and oxygen atoms in total. The molecule has 0 radical (unpaired) electrons. The van der Waals surface area contributed by atoms with Gasteiger partial charge in [-0.2, -0.15) is 9.29 Å². The number of nitrogens with zero attached hydrogens (tertiary/aromatic N) is 5. The van der Waals surface area contributed by atoms with E-state index in [0.29, 0.717) is 49.3 Å². The molecular weight excluding hydrogens is 474 g/mol. The topological polar surface area (TPSA) is 99.8 Å². The number of rotatable bonds is 6. The van der Waals surface area contributed by atoms with Crippen molar-refractivity contribution in [3.05, 3.63) is 53.7 Å². The second-order valence-corrected chi connectivity index (χ2v) is 11.5. The molecule has 11 heteroatoms. The van der Waals surface area contributed by atoms with E-state index in [0.717, 1.165) is 30.8 Å². The smallest absolute Gasteiger partial charge is 0.243 e. The predicted octanol–water partition coefficient (Wildman–Crippen LogP) is 2.54. The van der Waals surface area contributed by atoms with Gasteiger partial charge in [0, 0.05) is 32.1 Å². The first kappa shape index (κ1) is 23.2. The fourth-order valence-electron chi connectivity index (χ4n) is 4.50. The van der Waals surface area contributed by atoms with Crippen LogP contribution in [0.3, 0.4) is 0 Å². The van der Waals surface area contributed by atoms with Crippen LogP contribution in [0, 0.1) is 5.92 Å². The summed E-state index contributed by atoms with van der Waals surface area (Å²) in [6.07, 6.45) is 1.54. The number of hydrogen-bond donors (Lipinski definition) is 0. The summed E-state index contributed by atoms with van der Waals surface area (Å²) in [6.45, 7) is 3.66. The average Bonchev–Trinajstić information content (AvgIpc) is 3.57. The molecule has 5 rings (SSSR count). The van der Waals surface area contributed by atoms with Crippen LogP contribution in [-0.2, 0) is 21.4 Å². The van der Waals surface area contributed by atoms with E-state index in [9.17, 15) is 13.2 Å². The van der Waals surface area contributed by atoms with E-state index < -0.39 is 10.0 Å². The Hall–Kier alpha value is -2.60. The third-order valence-electron chi connectivity index (χ3n) is 6.44. The number of sulfonamides is 1. The zero-order valence-corrected chi connectivity index (χ0v) is 20.4. The predicted molar refractivity (Wildman–Crippen MR) is 127 cm³/mol. The molecule has 1 aromatic carbocycles. The number of piperazine rings is 1. The SMILES string of the molecule is O=C(C1CCN(Cc2nc(-c3cccs3)no2)CC1)N1CCN(S(=O)(=O)c2ccccc2)CC1. The van der Waals surface area contributed by atoms with Gasteiger partial charge in [0.15, 0.2) is 0 Å². The van der Waals surface area contributed by atoms with E-state index >= 15 is 0 Å². The zero-order chi connectivity index (χ0) is 23.5. The normalized spacial score (nSPS) is 18.9. The number of aromatic nitrogens is 2. The second kappa shape index (κ2) is 9.95. The van der Waals surface area contributed by atoms with Crippen LogP contribution in [0.1, 0.15) is 18.7 Å². The van der Waals surface area contributed by atoms with Crippen molar-refractivity contribution in [2.24, 2.45) is 5.92 Å². The molecule has 1 amide bonds. The van der Waals surface area contributed by atoms with E-state index in [1.165, 1.54) is 4.31 Å². The Morgan fingerprint density at radius 2 is 1.74 bits per heavy atom. The van der Waals surface area contributed by atoms with Gasteiger partial charge in [-0.1, -0.05) is 29.4 Å². The van der Waals surface area contributed by atoms with Crippen molar-refractivity contribution in [1.29, 1.82) is 0 Å². The first-order chi connectivity index (χ1) is 16.5. The Morgan fingerprint density at radius 1 is 1.00 bits per heavy atom. The van der Waals surface area contributed by atoms with Gasteiger partial charge >= 0.3 is 0 Å². The third kappa shape index (κ3) is 4.92. The Labute approximate surface area is 203 Å². The lowest BCUT2D eigenvalue weighted by atomic mass is 9.95. The molecule has 2 aliphatic rings. The number of thiophene rings is 1. The molecule has 4 heterocycles. The Morgan fingerprint density at radius 3 is 2.41 bits per heavy atom. The van der Waals surface area contributed by atoms with E-state index in [1.54, 1.807) is 41.7 Å². The van der Waals surface area contributed by atoms with Gasteiger partial charge < -0.3 is 9.42 Å². The molecule has 2 aliphatic heterocycles. The van der Waals surface area contributed by atoms with Crippen LogP contribution in [0.4, 0.5) is 0 Å². The molecule has 180 valence electrons. The zero-order valence-electron chi connectivity index (χ0n) is 18.7. The second-order valence-electron chi connectivity index (χ2n) is 8.58. The molecule has 0 atom stereocenters. The first-order valence-electron chi connectivity index (χ1n) is 11.4. The van der Waals surface area contributed by atoms with Crippen LogP contribution in [0.15, 0.2) is 57.3 Å². The largest absolute Gasteiger partial charge is 0.340 e. The van der Waals surface area contributed by atoms with Crippen LogP contribution in [0.2, 0.25) is 0 Å². The van der Waals surface area contributed by atoms with Crippen LogP contribution < -0.4 is 0 Å². The summed E-state index contributed by atoms with van der Waals surface area (Å²) in [6, 6.07) is 12.4. The lowest BCUT2D eigenvalue weighted by Crippen LogP contribution is -2.52. The molecule has 2 saturated heterocycles. The third-order valence-corrected chi connectivity index (χ3v) is 9.22. The quantitative estimate of drug-likeness (QED) is 0.512. The number of amides is 1. The number of piperidine rings is 1. The van der Waals surface area contributed by atoms with Crippen LogP contribution >= 0.6 is 11.3 Å². The Bertz CT molecular complexity index is 1200. The minimum atomic E-state index is -3.52. The summed E-state index contributed by atoms with van der Waals surface area (Å²) in [7, 11) is -3.52. The molecular formula is C23H27N5O4S2. The van der Waals surface area contributed by atoms with Gasteiger partial charge in [0.05, 0.1) is 16.3 Å². The molecule has 0 aliphatic carbocycles. The van der Waals surface area contributed by atoms with Crippen LogP contribution in [0.25, 0.3) is 10.7 Å². The molecule has 2 aromatic heterocycles. The number of likely N-dealkylation sites (tertiary alicyclic amines) is 1. The summed E-state index contributed by atoms with van der Waals surface area (Å²) >= 11 is 1.58. The molecule has 0 N–H and O–H groups in total. The van der Waals surface area contributed by atoms with Crippen molar-refractivity contribution in [3.63, 3.8) is 0 Å². The highest BCUT2D eigenvalue weighted by molar-refractivity contribution is 7.89. The fourth-order valence-corrected chi connectivity index (χ4v) is 6.60. The summed E-state index contributed by atoms with van der Waals surface area (Å²) in [4.78, 5) is 22.9. The summed E-state index contributed by atoms with van der Waals surface area (Å²) in [5, 5.41) is 6.04. The summed E-state index contributed by atoms with van der Waals surface area (Å²) in [5.41, 5.74) is 0. The van der Waals surface area contributed by atoms with Gasteiger partial charge in [-0.15, -0.1) is 11.3 Å². The summed E-state index contributed by atoms with van der Waals surface area (Å²) < 4.78 is 32.5. The molecule has 0 unspecified atom stereocenters. The van der Waals surface area contributed by atoms with Gasteiger partial charge in [0.2, 0.25) is 27.6 Å². The van der Waals surface area contributed by atoms with E-state index in [4.69, 9.17) is 4.52 Å². The standard InChI is InChI=1S/C23H27N5O4S2/c29-23(27-12-14-28(15-13-27)34(30,31)19-5-2-1-3-6-19)18-8-10-26(11-9-18)17-21-24-22(25-32-21)20-7-4-16-33-20/h1-7,16,18H,8-15,17H2. The summed E-state index contributed by atoms with van der Waals surface area (Å²) in [5.74, 6) is 1.31. The van der Waals surface area contributed by atoms with E-state index in [-0.39, 0.29) is 11.8 Å². The van der Waals surface area contributed by atoms with Gasteiger partial charge in [0.1, 0.15) is 0 Å². The van der Waals surface area contributed by atoms with Crippen molar-refractivity contribution < 1.29 is 17.7 Å². The molecule has 34 heavy (non-hydrogen) atoms. The van der Waals surface area contributed by atoms with E-state index in [2.05, 4.69) is 15.0 Å². The maximum Gasteiger partial charge on any atom is 0.243 e. The highest BCUT2D eigenvalue weighted by atomic mass is 32.2. The van der Waals surface area contributed by atoms with Gasteiger partial charge in [-0.3, -0.25) is 9.69 Å². The van der Waals surface area contributed by atoms with Crippen molar-refractivity contribution in [1.82, 2.24) is 24.2 Å². The molecule has 0 spiro atoms. The minimum Gasteiger partial charge on any atom is -0.340 e. The van der Waals surface area contributed by atoms with Crippen LogP contribution in [0.5, 0.6) is 0 Å². The average molecular weight is 502 g/mol. The fraction of sp³-hybridized carbons (Fsp3) is 0.435. The van der Waals surface area contributed by atoms with Gasteiger partial charge in [-0.05, 0) is 49.5 Å². The van der Waals surface area contributed by atoms with E-state index in [1.807, 2.05) is 22.4 Å². The maximum atomic E-state index is 13.1. The van der Waals surface area contributed by atoms with Crippen LogP contribution in [-0.4, -0.2) is 77.8 Å². The number of carbonyl (C=O) groups excluding carboxylic acids is 1.